The molecule has 0 heteroatoms. The third-order valence-corrected chi connectivity index (χ3v) is 7.95. The molecule has 0 aromatic heterocycles. The molecule has 0 nitrogen and oxygen atoms in total. The van der Waals surface area contributed by atoms with Gasteiger partial charge in [-0.05, 0) is 74.5 Å². The molecule has 0 saturated heterocycles. The van der Waals surface area contributed by atoms with Crippen molar-refractivity contribution >= 4 is 0 Å². The molecule has 3 saturated carbocycles. The van der Waals surface area contributed by atoms with Crippen LogP contribution in [-0.2, 0) is 0 Å². The highest BCUT2D eigenvalue weighted by Crippen LogP contribution is 2.56. The molecule has 0 aromatic carbocycles. The van der Waals surface area contributed by atoms with E-state index in [0.29, 0.717) is 0 Å². The molecular formula is C22H40. The fourth-order valence-electron chi connectivity index (χ4n) is 6.48. The van der Waals surface area contributed by atoms with Gasteiger partial charge in [-0.15, -0.1) is 0 Å². The number of rotatable bonds is 3. The van der Waals surface area contributed by atoms with E-state index in [4.69, 9.17) is 0 Å². The number of hydrogen-bond donors (Lipinski definition) is 0. The van der Waals surface area contributed by atoms with E-state index in [0.717, 1.165) is 23.2 Å². The first-order chi connectivity index (χ1) is 10.8. The van der Waals surface area contributed by atoms with Gasteiger partial charge in [-0.3, -0.25) is 0 Å². The molecule has 22 heavy (non-hydrogen) atoms. The zero-order valence-electron chi connectivity index (χ0n) is 15.3. The maximum atomic E-state index is 2.43. The molecule has 0 aromatic rings. The zero-order valence-corrected chi connectivity index (χ0v) is 15.3. The third kappa shape index (κ3) is 3.73. The molecule has 0 unspecified atom stereocenters. The summed E-state index contributed by atoms with van der Waals surface area (Å²) in [6.45, 7) is 2.43. The predicted molar refractivity (Wildman–Crippen MR) is 97.1 cm³/mol. The lowest BCUT2D eigenvalue weighted by atomic mass is 9.54. The Labute approximate surface area is 139 Å². The minimum Gasteiger partial charge on any atom is -0.0651 e. The summed E-state index contributed by atoms with van der Waals surface area (Å²) in [7, 11) is 0. The molecule has 0 amide bonds. The molecule has 0 heterocycles. The van der Waals surface area contributed by atoms with Gasteiger partial charge in [-0.1, -0.05) is 64.7 Å². The highest BCUT2D eigenvalue weighted by molar-refractivity contribution is 4.96. The van der Waals surface area contributed by atoms with Crippen molar-refractivity contribution in [3.05, 3.63) is 0 Å². The molecular weight excluding hydrogens is 264 g/mol. The topological polar surface area (TPSA) is 0 Å². The second-order valence-corrected chi connectivity index (χ2v) is 8.96. The van der Waals surface area contributed by atoms with Crippen molar-refractivity contribution in [2.24, 2.45) is 23.2 Å². The second kappa shape index (κ2) is 8.20. The van der Waals surface area contributed by atoms with Gasteiger partial charge in [0.1, 0.15) is 0 Å². The van der Waals surface area contributed by atoms with Gasteiger partial charge >= 0.3 is 0 Å². The van der Waals surface area contributed by atoms with Crippen LogP contribution in [0.1, 0.15) is 116 Å². The summed E-state index contributed by atoms with van der Waals surface area (Å²) in [5.74, 6) is 3.25. The van der Waals surface area contributed by atoms with Crippen LogP contribution < -0.4 is 0 Å². The lowest BCUT2D eigenvalue weighted by Gasteiger charge is -2.51. The molecule has 128 valence electrons. The summed E-state index contributed by atoms with van der Waals surface area (Å²) in [6.07, 6.45) is 26.3. The summed E-state index contributed by atoms with van der Waals surface area (Å²) >= 11 is 0. The Morgan fingerprint density at radius 1 is 0.591 bits per heavy atom. The molecule has 0 N–H and O–H groups in total. The van der Waals surface area contributed by atoms with E-state index in [1.54, 1.807) is 51.4 Å². The highest BCUT2D eigenvalue weighted by atomic mass is 14.5. The summed E-state index contributed by atoms with van der Waals surface area (Å²) in [5, 5.41) is 0. The zero-order chi connectivity index (χ0) is 15.3. The Balaban J connectivity index is 1.77. The van der Waals surface area contributed by atoms with Gasteiger partial charge in [-0.25, -0.2) is 0 Å². The van der Waals surface area contributed by atoms with Crippen molar-refractivity contribution in [3.63, 3.8) is 0 Å². The lowest BCUT2D eigenvalue weighted by molar-refractivity contribution is -0.00781. The maximum Gasteiger partial charge on any atom is -0.0241 e. The molecule has 0 radical (unpaired) electrons. The minimum absolute atomic E-state index is 0.778. The fraction of sp³-hybridized carbons (Fsp3) is 1.00. The van der Waals surface area contributed by atoms with Crippen LogP contribution in [0.2, 0.25) is 0 Å². The van der Waals surface area contributed by atoms with Gasteiger partial charge in [0.25, 0.3) is 0 Å². The molecule has 3 fully saturated rings. The van der Waals surface area contributed by atoms with Gasteiger partial charge in [0.15, 0.2) is 0 Å². The van der Waals surface area contributed by atoms with E-state index in [1.807, 2.05) is 0 Å². The van der Waals surface area contributed by atoms with Crippen LogP contribution in [0.3, 0.4) is 0 Å². The van der Waals surface area contributed by atoms with E-state index < -0.39 is 0 Å². The van der Waals surface area contributed by atoms with Crippen LogP contribution in [0.4, 0.5) is 0 Å². The van der Waals surface area contributed by atoms with Crippen LogP contribution in [0.25, 0.3) is 0 Å². The second-order valence-electron chi connectivity index (χ2n) is 8.96. The van der Waals surface area contributed by atoms with Crippen molar-refractivity contribution in [1.82, 2.24) is 0 Å². The van der Waals surface area contributed by atoms with Crippen LogP contribution in [0, 0.1) is 23.2 Å². The maximum absolute atomic E-state index is 2.43. The normalized spacial score (nSPS) is 29.9. The first kappa shape index (κ1) is 16.8. The smallest absolute Gasteiger partial charge is 0.0241 e. The van der Waals surface area contributed by atoms with Crippen LogP contribution in [0.5, 0.6) is 0 Å². The summed E-state index contributed by atoms with van der Waals surface area (Å²) in [5.41, 5.74) is 0.778. The van der Waals surface area contributed by atoms with Gasteiger partial charge in [0, 0.05) is 0 Å². The molecule has 3 aliphatic rings. The van der Waals surface area contributed by atoms with E-state index >= 15 is 0 Å². The van der Waals surface area contributed by atoms with Crippen molar-refractivity contribution in [2.75, 3.05) is 0 Å². The Hall–Kier alpha value is 0. The largest absolute Gasteiger partial charge is 0.0651 e. The lowest BCUT2D eigenvalue weighted by Crippen LogP contribution is -2.41. The summed E-state index contributed by atoms with van der Waals surface area (Å²) in [4.78, 5) is 0. The third-order valence-electron chi connectivity index (χ3n) is 7.95. The molecule has 0 spiro atoms. The van der Waals surface area contributed by atoms with Crippen LogP contribution >= 0.6 is 0 Å². The van der Waals surface area contributed by atoms with E-state index in [1.165, 1.54) is 57.8 Å². The molecule has 0 bridgehead atoms. The Morgan fingerprint density at radius 3 is 1.36 bits per heavy atom. The van der Waals surface area contributed by atoms with Gasteiger partial charge < -0.3 is 0 Å². The predicted octanol–water partition coefficient (Wildman–Crippen LogP) is 7.51. The van der Waals surface area contributed by atoms with Gasteiger partial charge in [-0.2, -0.15) is 0 Å². The Kier molecular flexibility index (Phi) is 6.28. The minimum atomic E-state index is 0.778. The van der Waals surface area contributed by atoms with Crippen molar-refractivity contribution in [1.29, 1.82) is 0 Å². The molecule has 0 atom stereocenters. The van der Waals surface area contributed by atoms with Crippen molar-refractivity contribution in [3.8, 4) is 0 Å². The molecule has 3 rings (SSSR count). The Bertz CT molecular complexity index is 272. The summed E-state index contributed by atoms with van der Waals surface area (Å²) in [6, 6.07) is 0. The van der Waals surface area contributed by atoms with Crippen molar-refractivity contribution in [2.45, 2.75) is 116 Å². The van der Waals surface area contributed by atoms with E-state index in [-0.39, 0.29) is 0 Å². The van der Waals surface area contributed by atoms with Crippen LogP contribution in [-0.4, -0.2) is 0 Å². The average Bonchev–Trinajstić information content (AvgIpc) is 3.00. The van der Waals surface area contributed by atoms with Gasteiger partial charge in [0.05, 0.1) is 0 Å². The number of hydrogen-bond acceptors (Lipinski definition) is 0. The first-order valence-corrected chi connectivity index (χ1v) is 10.8. The summed E-state index contributed by atoms with van der Waals surface area (Å²) < 4.78 is 0. The monoisotopic (exact) mass is 304 g/mol. The quantitative estimate of drug-likeness (QED) is 0.473. The average molecular weight is 305 g/mol. The van der Waals surface area contributed by atoms with E-state index in [2.05, 4.69) is 6.92 Å². The Morgan fingerprint density at radius 2 is 1.00 bits per heavy atom. The van der Waals surface area contributed by atoms with Gasteiger partial charge in [0.2, 0.25) is 0 Å². The highest BCUT2D eigenvalue weighted by Gasteiger charge is 2.46. The van der Waals surface area contributed by atoms with E-state index in [9.17, 15) is 0 Å². The van der Waals surface area contributed by atoms with Crippen LogP contribution in [0.15, 0.2) is 0 Å². The van der Waals surface area contributed by atoms with Crippen molar-refractivity contribution < 1.29 is 0 Å². The molecule has 3 aliphatic carbocycles. The fourth-order valence-corrected chi connectivity index (χ4v) is 6.48. The first-order valence-electron chi connectivity index (χ1n) is 10.8. The standard InChI is InChI=1S/C22H40/c1-2-19-15-17-22(18-16-19,20-11-7-3-4-8-12-20)21-13-9-5-6-10-14-21/h19-21H,2-18H2,1H3. The molecule has 0 aliphatic heterocycles. The SMILES string of the molecule is CCC1CCC(C2CCCCCC2)(C2CCCCCC2)CC1.